The van der Waals surface area contributed by atoms with Gasteiger partial charge in [0.15, 0.2) is 9.84 Å². The maximum atomic E-state index is 13.5. The van der Waals surface area contributed by atoms with Crippen molar-refractivity contribution < 1.29 is 22.0 Å². The third kappa shape index (κ3) is 5.30. The van der Waals surface area contributed by atoms with Crippen LogP contribution in [0.4, 0.5) is 8.78 Å². The molecule has 31 heavy (non-hydrogen) atoms. The molecule has 0 aromatic heterocycles. The zero-order valence-electron chi connectivity index (χ0n) is 17.2. The first-order valence-electron chi connectivity index (χ1n) is 10.5. The Labute approximate surface area is 181 Å². The van der Waals surface area contributed by atoms with Crippen molar-refractivity contribution in [2.75, 3.05) is 37.7 Å². The summed E-state index contributed by atoms with van der Waals surface area (Å²) >= 11 is 0. The molecule has 2 aromatic rings. The van der Waals surface area contributed by atoms with Crippen LogP contribution >= 0.6 is 0 Å². The van der Waals surface area contributed by atoms with Crippen LogP contribution in [0.15, 0.2) is 48.5 Å². The van der Waals surface area contributed by atoms with Gasteiger partial charge in [-0.05, 0) is 47.7 Å². The molecule has 1 amide bonds. The first-order chi connectivity index (χ1) is 14.8. The lowest BCUT2D eigenvalue weighted by atomic mass is 9.96. The molecule has 2 heterocycles. The largest absolute Gasteiger partial charge is 0.340 e. The van der Waals surface area contributed by atoms with Gasteiger partial charge in [0.1, 0.15) is 11.6 Å². The summed E-state index contributed by atoms with van der Waals surface area (Å²) in [5, 5.41) is 0. The Bertz CT molecular complexity index is 972. The fourth-order valence-corrected chi connectivity index (χ4v) is 6.40. The maximum Gasteiger partial charge on any atom is 0.222 e. The van der Waals surface area contributed by atoms with Crippen molar-refractivity contribution in [3.63, 3.8) is 0 Å². The topological polar surface area (TPSA) is 57.7 Å². The summed E-state index contributed by atoms with van der Waals surface area (Å²) in [6, 6.07) is 12.5. The molecule has 0 spiro atoms. The SMILES string of the molecule is O=C(CC1CCS(=O)(=O)C1)N1CCN(C(c2ccc(F)cc2)c2ccc(F)cc2)CC1. The molecule has 2 aliphatic rings. The molecule has 0 saturated carbocycles. The monoisotopic (exact) mass is 448 g/mol. The second-order valence-corrected chi connectivity index (χ2v) is 10.6. The quantitative estimate of drug-likeness (QED) is 0.706. The molecule has 2 aromatic carbocycles. The highest BCUT2D eigenvalue weighted by atomic mass is 32.2. The standard InChI is InChI=1S/C23H26F2N2O3S/c24-20-5-1-18(2-6-20)23(19-3-7-21(25)8-4-19)27-12-10-26(11-13-27)22(28)15-17-9-14-31(29,30)16-17/h1-8,17,23H,9-16H2. The van der Waals surface area contributed by atoms with Crippen molar-refractivity contribution in [3.8, 4) is 0 Å². The van der Waals surface area contributed by atoms with Gasteiger partial charge in [0.05, 0.1) is 17.5 Å². The van der Waals surface area contributed by atoms with Crippen LogP contribution in [0.1, 0.15) is 30.0 Å². The fourth-order valence-electron chi connectivity index (χ4n) is 4.54. The first-order valence-corrected chi connectivity index (χ1v) is 12.4. The van der Waals surface area contributed by atoms with E-state index in [1.807, 2.05) is 0 Å². The summed E-state index contributed by atoms with van der Waals surface area (Å²) in [5.74, 6) is -0.425. The number of amides is 1. The molecule has 0 N–H and O–H groups in total. The molecule has 1 unspecified atom stereocenters. The van der Waals surface area contributed by atoms with E-state index in [2.05, 4.69) is 4.90 Å². The van der Waals surface area contributed by atoms with E-state index in [0.717, 1.165) is 11.1 Å². The Morgan fingerprint density at radius 3 is 1.87 bits per heavy atom. The molecule has 1 atom stereocenters. The number of sulfone groups is 1. The molecular weight excluding hydrogens is 422 g/mol. The Kier molecular flexibility index (Phi) is 6.39. The molecular formula is C23H26F2N2O3S. The van der Waals surface area contributed by atoms with Crippen LogP contribution in [-0.2, 0) is 14.6 Å². The van der Waals surface area contributed by atoms with Crippen molar-refractivity contribution in [2.24, 2.45) is 5.92 Å². The maximum absolute atomic E-state index is 13.5. The van der Waals surface area contributed by atoms with Crippen molar-refractivity contribution in [1.29, 1.82) is 0 Å². The van der Waals surface area contributed by atoms with Crippen molar-refractivity contribution in [2.45, 2.75) is 18.9 Å². The van der Waals surface area contributed by atoms with Crippen molar-refractivity contribution in [3.05, 3.63) is 71.3 Å². The highest BCUT2D eigenvalue weighted by Gasteiger charge is 2.33. The highest BCUT2D eigenvalue weighted by molar-refractivity contribution is 7.91. The fraction of sp³-hybridized carbons (Fsp3) is 0.435. The van der Waals surface area contributed by atoms with Gasteiger partial charge in [-0.15, -0.1) is 0 Å². The minimum atomic E-state index is -2.99. The van der Waals surface area contributed by atoms with Crippen LogP contribution in [0, 0.1) is 17.6 Å². The predicted molar refractivity (Wildman–Crippen MR) is 114 cm³/mol. The molecule has 0 radical (unpaired) electrons. The summed E-state index contributed by atoms with van der Waals surface area (Å²) in [4.78, 5) is 16.7. The highest BCUT2D eigenvalue weighted by Crippen LogP contribution is 2.30. The van der Waals surface area contributed by atoms with Crippen molar-refractivity contribution >= 4 is 15.7 Å². The van der Waals surface area contributed by atoms with Gasteiger partial charge in [-0.25, -0.2) is 17.2 Å². The Balaban J connectivity index is 1.44. The van der Waals surface area contributed by atoms with Gasteiger partial charge in [0.2, 0.25) is 5.91 Å². The van der Waals surface area contributed by atoms with E-state index in [9.17, 15) is 22.0 Å². The third-order valence-electron chi connectivity index (χ3n) is 6.19. The number of nitrogens with zero attached hydrogens (tertiary/aromatic N) is 2. The zero-order chi connectivity index (χ0) is 22.0. The number of halogens is 2. The Morgan fingerprint density at radius 2 is 1.42 bits per heavy atom. The van der Waals surface area contributed by atoms with Gasteiger partial charge in [-0.2, -0.15) is 0 Å². The molecule has 5 nitrogen and oxygen atoms in total. The zero-order valence-corrected chi connectivity index (χ0v) is 18.0. The van der Waals surface area contributed by atoms with Crippen LogP contribution in [-0.4, -0.2) is 61.8 Å². The van der Waals surface area contributed by atoms with E-state index in [1.165, 1.54) is 24.3 Å². The minimum absolute atomic E-state index is 0.00173. The Morgan fingerprint density at radius 1 is 0.903 bits per heavy atom. The van der Waals surface area contributed by atoms with E-state index >= 15 is 0 Å². The van der Waals surface area contributed by atoms with E-state index in [4.69, 9.17) is 0 Å². The Hall–Kier alpha value is -2.32. The van der Waals surface area contributed by atoms with Crippen LogP contribution in [0.3, 0.4) is 0 Å². The number of hydrogen-bond donors (Lipinski definition) is 0. The molecule has 8 heteroatoms. The smallest absolute Gasteiger partial charge is 0.222 e. The average Bonchev–Trinajstić information content (AvgIpc) is 3.09. The van der Waals surface area contributed by atoms with Crippen LogP contribution in [0.5, 0.6) is 0 Å². The summed E-state index contributed by atoms with van der Waals surface area (Å²) < 4.78 is 50.2. The van der Waals surface area contributed by atoms with Gasteiger partial charge in [-0.3, -0.25) is 9.69 Å². The number of carbonyl (C=O) groups excluding carboxylic acids is 1. The van der Waals surface area contributed by atoms with Gasteiger partial charge in [-0.1, -0.05) is 24.3 Å². The summed E-state index contributed by atoms with van der Waals surface area (Å²) in [6.07, 6.45) is 0.837. The molecule has 2 aliphatic heterocycles. The molecule has 166 valence electrons. The van der Waals surface area contributed by atoms with Crippen LogP contribution in [0.25, 0.3) is 0 Å². The van der Waals surface area contributed by atoms with Gasteiger partial charge >= 0.3 is 0 Å². The van der Waals surface area contributed by atoms with Crippen molar-refractivity contribution in [1.82, 2.24) is 9.80 Å². The summed E-state index contributed by atoms with van der Waals surface area (Å²) in [7, 11) is -2.99. The lowest BCUT2D eigenvalue weighted by molar-refractivity contribution is -0.134. The van der Waals surface area contributed by atoms with Crippen LogP contribution < -0.4 is 0 Å². The molecule has 0 aliphatic carbocycles. The molecule has 4 rings (SSSR count). The molecule has 0 bridgehead atoms. The molecule has 2 fully saturated rings. The normalized spacial score (nSPS) is 21.5. The average molecular weight is 449 g/mol. The van der Waals surface area contributed by atoms with Gasteiger partial charge < -0.3 is 4.90 Å². The lowest BCUT2D eigenvalue weighted by Gasteiger charge is -2.40. The lowest BCUT2D eigenvalue weighted by Crippen LogP contribution is -2.50. The van der Waals surface area contributed by atoms with E-state index in [0.29, 0.717) is 32.6 Å². The second kappa shape index (κ2) is 9.04. The van der Waals surface area contributed by atoms with E-state index < -0.39 is 9.84 Å². The summed E-state index contributed by atoms with van der Waals surface area (Å²) in [5.41, 5.74) is 1.81. The first kappa shape index (κ1) is 21.9. The van der Waals surface area contributed by atoms with Gasteiger partial charge in [0.25, 0.3) is 0 Å². The summed E-state index contributed by atoms with van der Waals surface area (Å²) in [6.45, 7) is 2.32. The van der Waals surface area contributed by atoms with Gasteiger partial charge in [0, 0.05) is 32.6 Å². The number of rotatable bonds is 5. The number of piperazine rings is 1. The number of benzene rings is 2. The third-order valence-corrected chi connectivity index (χ3v) is 8.03. The minimum Gasteiger partial charge on any atom is -0.340 e. The number of carbonyl (C=O) groups is 1. The van der Waals surface area contributed by atoms with E-state index in [-0.39, 0.29) is 47.4 Å². The predicted octanol–water partition coefficient (Wildman–Crippen LogP) is 3.02. The number of hydrogen-bond acceptors (Lipinski definition) is 4. The van der Waals surface area contributed by atoms with Crippen LogP contribution in [0.2, 0.25) is 0 Å². The van der Waals surface area contributed by atoms with E-state index in [1.54, 1.807) is 29.2 Å². The second-order valence-electron chi connectivity index (χ2n) is 8.40. The molecule has 2 saturated heterocycles.